The van der Waals surface area contributed by atoms with Gasteiger partial charge in [-0.15, -0.1) is 0 Å². The van der Waals surface area contributed by atoms with Crippen molar-refractivity contribution in [3.8, 4) is 11.4 Å². The molecule has 6 nitrogen and oxygen atoms in total. The molecule has 0 fully saturated rings. The van der Waals surface area contributed by atoms with Crippen molar-refractivity contribution in [3.63, 3.8) is 0 Å². The van der Waals surface area contributed by atoms with Gasteiger partial charge >= 0.3 is 0 Å². The number of fused-ring (bicyclic) bond motifs is 1. The Morgan fingerprint density at radius 3 is 2.67 bits per heavy atom. The smallest absolute Gasteiger partial charge is 0.254 e. The lowest BCUT2D eigenvalue weighted by molar-refractivity contribution is 0.236. The molecule has 0 radical (unpaired) electrons. The standard InChI is InChI=1S/C18H14F3N5O/c19-13-2-1-10(15(20)16(13)21)7-26-4-3-12-14(8-26)24-17(25-18(12)27)11-5-22-9-23-6-11/h1-2,5-6,9H,3-4,7-8H2,(H,24,25,27). The zero-order valence-corrected chi connectivity index (χ0v) is 14.0. The molecule has 3 aromatic rings. The molecule has 0 spiro atoms. The van der Waals surface area contributed by atoms with Crippen LogP contribution in [-0.2, 0) is 19.5 Å². The maximum absolute atomic E-state index is 13.9. The number of benzene rings is 1. The zero-order valence-electron chi connectivity index (χ0n) is 14.0. The number of nitrogens with one attached hydrogen (secondary N) is 1. The summed E-state index contributed by atoms with van der Waals surface area (Å²) in [4.78, 5) is 29.2. The molecular weight excluding hydrogens is 359 g/mol. The van der Waals surface area contributed by atoms with Crippen LogP contribution >= 0.6 is 0 Å². The highest BCUT2D eigenvalue weighted by Gasteiger charge is 2.23. The van der Waals surface area contributed by atoms with E-state index < -0.39 is 17.5 Å². The summed E-state index contributed by atoms with van der Waals surface area (Å²) in [6, 6.07) is 2.13. The van der Waals surface area contributed by atoms with Crippen LogP contribution in [0.25, 0.3) is 11.4 Å². The molecule has 2 aromatic heterocycles. The third kappa shape index (κ3) is 3.33. The van der Waals surface area contributed by atoms with E-state index in [-0.39, 0.29) is 17.7 Å². The monoisotopic (exact) mass is 373 g/mol. The van der Waals surface area contributed by atoms with Crippen LogP contribution in [0.2, 0.25) is 0 Å². The first kappa shape index (κ1) is 17.3. The predicted octanol–water partition coefficient (Wildman–Crippen LogP) is 2.20. The number of nitrogens with zero attached hydrogens (tertiary/aromatic N) is 4. The third-order valence-electron chi connectivity index (χ3n) is 4.50. The Morgan fingerprint density at radius 1 is 1.11 bits per heavy atom. The van der Waals surface area contributed by atoms with Crippen molar-refractivity contribution in [2.24, 2.45) is 0 Å². The average Bonchev–Trinajstić information content (AvgIpc) is 2.69. The minimum atomic E-state index is -1.48. The van der Waals surface area contributed by atoms with Crippen LogP contribution in [0.15, 0.2) is 35.6 Å². The second-order valence-electron chi connectivity index (χ2n) is 6.26. The average molecular weight is 373 g/mol. The van der Waals surface area contributed by atoms with Gasteiger partial charge in [0.15, 0.2) is 17.5 Å². The van der Waals surface area contributed by atoms with E-state index in [1.807, 2.05) is 4.90 Å². The van der Waals surface area contributed by atoms with Gasteiger partial charge in [0.2, 0.25) is 0 Å². The molecule has 9 heteroatoms. The Bertz CT molecular complexity index is 1050. The molecule has 138 valence electrons. The van der Waals surface area contributed by atoms with Crippen molar-refractivity contribution in [3.05, 3.63) is 75.5 Å². The second-order valence-corrected chi connectivity index (χ2v) is 6.26. The van der Waals surface area contributed by atoms with Crippen LogP contribution in [0.1, 0.15) is 16.8 Å². The molecule has 0 saturated carbocycles. The lowest BCUT2D eigenvalue weighted by Crippen LogP contribution is -2.35. The summed E-state index contributed by atoms with van der Waals surface area (Å²) in [6.45, 7) is 0.850. The van der Waals surface area contributed by atoms with Crippen LogP contribution in [0.5, 0.6) is 0 Å². The van der Waals surface area contributed by atoms with Gasteiger partial charge in [-0.3, -0.25) is 9.69 Å². The van der Waals surface area contributed by atoms with Gasteiger partial charge < -0.3 is 4.98 Å². The number of aromatic amines is 1. The minimum absolute atomic E-state index is 0.0545. The van der Waals surface area contributed by atoms with Crippen molar-refractivity contribution in [1.82, 2.24) is 24.8 Å². The molecule has 3 heterocycles. The van der Waals surface area contributed by atoms with E-state index in [0.717, 1.165) is 6.07 Å². The Hall–Kier alpha value is -3.07. The third-order valence-corrected chi connectivity index (χ3v) is 4.50. The first-order valence-corrected chi connectivity index (χ1v) is 8.25. The number of rotatable bonds is 3. The van der Waals surface area contributed by atoms with Crippen LogP contribution in [0, 0.1) is 17.5 Å². The number of aromatic nitrogens is 4. The fraction of sp³-hybridized carbons (Fsp3) is 0.222. The van der Waals surface area contributed by atoms with E-state index in [2.05, 4.69) is 19.9 Å². The topological polar surface area (TPSA) is 74.8 Å². The van der Waals surface area contributed by atoms with Crippen molar-refractivity contribution >= 4 is 0 Å². The molecular formula is C18H14F3N5O. The quantitative estimate of drug-likeness (QED) is 0.713. The Balaban J connectivity index is 1.62. The maximum Gasteiger partial charge on any atom is 0.254 e. The summed E-state index contributed by atoms with van der Waals surface area (Å²) in [7, 11) is 0. The number of hydrogen-bond donors (Lipinski definition) is 1. The zero-order chi connectivity index (χ0) is 19.0. The van der Waals surface area contributed by atoms with Crippen molar-refractivity contribution < 1.29 is 13.2 Å². The number of hydrogen-bond acceptors (Lipinski definition) is 5. The Labute approximate surface area is 151 Å². The second kappa shape index (κ2) is 6.92. The molecule has 0 atom stereocenters. The molecule has 4 rings (SSSR count). The molecule has 0 bridgehead atoms. The summed E-state index contributed by atoms with van der Waals surface area (Å²) in [5.41, 5.74) is 1.52. The largest absolute Gasteiger partial charge is 0.306 e. The van der Waals surface area contributed by atoms with Crippen LogP contribution in [-0.4, -0.2) is 31.4 Å². The predicted molar refractivity (Wildman–Crippen MR) is 90.0 cm³/mol. The van der Waals surface area contributed by atoms with Crippen LogP contribution in [0.4, 0.5) is 13.2 Å². The van der Waals surface area contributed by atoms with Gasteiger partial charge in [0.25, 0.3) is 5.56 Å². The molecule has 0 unspecified atom stereocenters. The first-order valence-electron chi connectivity index (χ1n) is 8.25. The lowest BCUT2D eigenvalue weighted by Gasteiger charge is -2.27. The Morgan fingerprint density at radius 2 is 1.89 bits per heavy atom. The van der Waals surface area contributed by atoms with Crippen molar-refractivity contribution in [1.29, 1.82) is 0 Å². The highest BCUT2D eigenvalue weighted by Crippen LogP contribution is 2.22. The molecule has 0 aliphatic carbocycles. The summed E-state index contributed by atoms with van der Waals surface area (Å²) in [5, 5.41) is 0. The van der Waals surface area contributed by atoms with Crippen LogP contribution in [0.3, 0.4) is 0 Å². The van der Waals surface area contributed by atoms with Gasteiger partial charge in [0.1, 0.15) is 12.2 Å². The van der Waals surface area contributed by atoms with E-state index in [1.54, 1.807) is 0 Å². The molecule has 0 amide bonds. The van der Waals surface area contributed by atoms with E-state index in [9.17, 15) is 18.0 Å². The van der Waals surface area contributed by atoms with E-state index in [0.29, 0.717) is 42.2 Å². The fourth-order valence-corrected chi connectivity index (χ4v) is 3.12. The normalized spacial score (nSPS) is 14.2. The molecule has 1 aromatic carbocycles. The maximum atomic E-state index is 13.9. The van der Waals surface area contributed by atoms with Gasteiger partial charge in [-0.25, -0.2) is 28.1 Å². The lowest BCUT2D eigenvalue weighted by atomic mass is 10.0. The number of H-pyrrole nitrogens is 1. The minimum Gasteiger partial charge on any atom is -0.306 e. The fourth-order valence-electron chi connectivity index (χ4n) is 3.12. The van der Waals surface area contributed by atoms with Crippen molar-refractivity contribution in [2.45, 2.75) is 19.5 Å². The molecule has 1 aliphatic heterocycles. The summed E-state index contributed by atoms with van der Waals surface area (Å²) in [6.07, 6.45) is 4.87. The van der Waals surface area contributed by atoms with Gasteiger partial charge in [-0.05, 0) is 12.5 Å². The highest BCUT2D eigenvalue weighted by molar-refractivity contribution is 5.52. The molecule has 27 heavy (non-hydrogen) atoms. The summed E-state index contributed by atoms with van der Waals surface area (Å²) < 4.78 is 40.5. The van der Waals surface area contributed by atoms with Gasteiger partial charge in [-0.1, -0.05) is 6.07 Å². The van der Waals surface area contributed by atoms with Crippen molar-refractivity contribution in [2.75, 3.05) is 6.54 Å². The number of halogens is 3. The van der Waals surface area contributed by atoms with E-state index in [4.69, 9.17) is 0 Å². The van der Waals surface area contributed by atoms with Gasteiger partial charge in [0.05, 0.1) is 11.3 Å². The van der Waals surface area contributed by atoms with Crippen LogP contribution < -0.4 is 5.56 Å². The molecule has 1 N–H and O–H groups in total. The summed E-state index contributed by atoms with van der Waals surface area (Å²) >= 11 is 0. The molecule has 0 saturated heterocycles. The van der Waals surface area contributed by atoms with Gasteiger partial charge in [-0.2, -0.15) is 0 Å². The van der Waals surface area contributed by atoms with E-state index >= 15 is 0 Å². The Kier molecular flexibility index (Phi) is 4.44. The van der Waals surface area contributed by atoms with E-state index in [1.165, 1.54) is 24.8 Å². The molecule has 1 aliphatic rings. The summed E-state index contributed by atoms with van der Waals surface area (Å²) in [5.74, 6) is -3.55. The highest BCUT2D eigenvalue weighted by atomic mass is 19.2. The SMILES string of the molecule is O=c1[nH]c(-c2cncnc2)nc2c1CCN(Cc1ccc(F)c(F)c1F)C2. The van der Waals surface area contributed by atoms with Gasteiger partial charge in [0, 0.05) is 43.2 Å². The first-order chi connectivity index (χ1) is 13.0.